The predicted octanol–water partition coefficient (Wildman–Crippen LogP) is 3.04. The monoisotopic (exact) mass is 406 g/mol. The minimum Gasteiger partial charge on any atom is -0.664 e. The molecule has 2 nitrogen and oxygen atoms in total. The van der Waals surface area contributed by atoms with E-state index in [-0.39, 0.29) is 35.0 Å². The zero-order valence-electron chi connectivity index (χ0n) is 18.3. The van der Waals surface area contributed by atoms with Crippen LogP contribution in [0.3, 0.4) is 0 Å². The number of nitrogens with zero attached hydrogens (tertiary/aromatic N) is 2. The maximum absolute atomic E-state index is 9.18. The van der Waals surface area contributed by atoms with Crippen LogP contribution in [0.1, 0.15) is 38.5 Å². The summed E-state index contributed by atoms with van der Waals surface area (Å²) in [6.45, 7) is 11.6. The third-order valence-corrected chi connectivity index (χ3v) is 13.0. The molecule has 4 aliphatic rings. The SMILES string of the molecule is C[Si](C)(C)[N-][Si](C)(C)c1ccccc1.N#CC12CC3CC(CC(C3)C1)C2.[Na+]. The number of rotatable bonds is 3. The summed E-state index contributed by atoms with van der Waals surface area (Å²) in [4.78, 5) is 0. The van der Waals surface area contributed by atoms with E-state index in [4.69, 9.17) is 4.65 Å². The average Bonchev–Trinajstić information content (AvgIpc) is 2.53. The minimum absolute atomic E-state index is 0. The predicted molar refractivity (Wildman–Crippen MR) is 116 cm³/mol. The van der Waals surface area contributed by atoms with Crippen molar-refractivity contribution in [2.45, 2.75) is 71.3 Å². The summed E-state index contributed by atoms with van der Waals surface area (Å²) in [7, 11) is -2.82. The smallest absolute Gasteiger partial charge is 0.664 e. The maximum Gasteiger partial charge on any atom is 1.00 e. The molecule has 142 valence electrons. The summed E-state index contributed by atoms with van der Waals surface area (Å²) in [5, 5.41) is 10.6. The van der Waals surface area contributed by atoms with Crippen molar-refractivity contribution in [3.63, 3.8) is 0 Å². The Morgan fingerprint density at radius 1 is 0.889 bits per heavy atom. The summed E-state index contributed by atoms with van der Waals surface area (Å²) in [6.07, 6.45) is 8.03. The molecular weight excluding hydrogens is 371 g/mol. The first-order valence-corrected chi connectivity index (χ1v) is 16.7. The fourth-order valence-corrected chi connectivity index (χ4v) is 14.2. The van der Waals surface area contributed by atoms with Crippen molar-refractivity contribution in [1.82, 2.24) is 0 Å². The number of hydrogen-bond acceptors (Lipinski definition) is 1. The Hall–Kier alpha value is 0.104. The molecule has 5 heteroatoms. The second-order valence-electron chi connectivity index (χ2n) is 10.5. The van der Waals surface area contributed by atoms with Crippen LogP contribution < -0.4 is 34.7 Å². The summed E-state index contributed by atoms with van der Waals surface area (Å²) in [6, 6.07) is 13.3. The van der Waals surface area contributed by atoms with Gasteiger partial charge in [-0.3, -0.25) is 0 Å². The molecule has 0 heterocycles. The van der Waals surface area contributed by atoms with Crippen LogP contribution in [-0.4, -0.2) is 16.5 Å². The molecule has 0 unspecified atom stereocenters. The molecule has 0 radical (unpaired) electrons. The first-order chi connectivity index (χ1) is 12.1. The molecule has 1 aromatic carbocycles. The van der Waals surface area contributed by atoms with E-state index >= 15 is 0 Å². The van der Waals surface area contributed by atoms with Crippen LogP contribution in [0, 0.1) is 34.5 Å². The summed E-state index contributed by atoms with van der Waals surface area (Å²) >= 11 is 0. The summed E-state index contributed by atoms with van der Waals surface area (Å²) < 4.78 is 5.09. The van der Waals surface area contributed by atoms with Gasteiger partial charge in [-0.2, -0.15) is 5.26 Å². The number of nitriles is 1. The Morgan fingerprint density at radius 3 is 1.70 bits per heavy atom. The van der Waals surface area contributed by atoms with Gasteiger partial charge in [0.2, 0.25) is 0 Å². The van der Waals surface area contributed by atoms with E-state index in [0.717, 1.165) is 17.8 Å². The molecule has 4 saturated carbocycles. The zero-order valence-corrected chi connectivity index (χ0v) is 22.3. The Bertz CT molecular complexity index is 626. The van der Waals surface area contributed by atoms with E-state index in [2.05, 4.69) is 69.1 Å². The van der Waals surface area contributed by atoms with E-state index in [1.807, 2.05) is 0 Å². The Labute approximate surface area is 191 Å². The first-order valence-electron chi connectivity index (χ1n) is 10.3. The molecule has 4 aliphatic carbocycles. The molecular formula is C22H35N2NaSi2. The molecule has 4 bridgehead atoms. The van der Waals surface area contributed by atoms with Crippen molar-refractivity contribution < 1.29 is 29.6 Å². The van der Waals surface area contributed by atoms with Crippen LogP contribution in [0.4, 0.5) is 0 Å². The van der Waals surface area contributed by atoms with Gasteiger partial charge >= 0.3 is 29.6 Å². The van der Waals surface area contributed by atoms with E-state index in [0.29, 0.717) is 0 Å². The van der Waals surface area contributed by atoms with E-state index in [1.54, 1.807) is 0 Å². The molecule has 1 aromatic rings. The van der Waals surface area contributed by atoms with Crippen LogP contribution in [0.15, 0.2) is 30.3 Å². The molecule has 5 rings (SSSR count). The molecule has 0 aliphatic heterocycles. The van der Waals surface area contributed by atoms with Crippen molar-refractivity contribution in [1.29, 1.82) is 5.26 Å². The van der Waals surface area contributed by atoms with Gasteiger partial charge in [-0.15, -0.1) is 0 Å². The summed E-state index contributed by atoms with van der Waals surface area (Å²) in [5.74, 6) is 2.78. The van der Waals surface area contributed by atoms with E-state index in [9.17, 15) is 5.26 Å². The van der Waals surface area contributed by atoms with Crippen LogP contribution in [0.2, 0.25) is 32.7 Å². The van der Waals surface area contributed by atoms with Gasteiger partial charge < -0.3 is 4.65 Å². The zero-order chi connectivity index (χ0) is 19.0. The maximum atomic E-state index is 9.18. The fourth-order valence-electron chi connectivity index (χ4n) is 6.00. The van der Waals surface area contributed by atoms with Crippen molar-refractivity contribution in [2.75, 3.05) is 0 Å². The van der Waals surface area contributed by atoms with Crippen molar-refractivity contribution in [3.05, 3.63) is 35.0 Å². The van der Waals surface area contributed by atoms with E-state index < -0.39 is 16.5 Å². The van der Waals surface area contributed by atoms with Crippen molar-refractivity contribution in [2.24, 2.45) is 23.2 Å². The Morgan fingerprint density at radius 2 is 1.33 bits per heavy atom. The minimum atomic E-state index is -1.53. The van der Waals surface area contributed by atoms with Gasteiger partial charge in [0.15, 0.2) is 0 Å². The van der Waals surface area contributed by atoms with Gasteiger partial charge in [-0.25, -0.2) is 0 Å². The van der Waals surface area contributed by atoms with Crippen LogP contribution in [0.5, 0.6) is 0 Å². The summed E-state index contributed by atoms with van der Waals surface area (Å²) in [5.41, 5.74) is 0.148. The number of hydrogen-bond donors (Lipinski definition) is 0. The van der Waals surface area contributed by atoms with Gasteiger partial charge in [-0.05, 0) is 64.5 Å². The fraction of sp³-hybridized carbons (Fsp3) is 0.682. The van der Waals surface area contributed by atoms with Crippen molar-refractivity contribution >= 4 is 21.7 Å². The molecule has 0 N–H and O–H groups in total. The Kier molecular flexibility index (Phi) is 7.67. The van der Waals surface area contributed by atoms with Gasteiger partial charge in [-0.1, -0.05) is 76.5 Å². The number of benzene rings is 1. The molecule has 0 aromatic heterocycles. The topological polar surface area (TPSA) is 37.9 Å². The van der Waals surface area contributed by atoms with Gasteiger partial charge in [0.25, 0.3) is 0 Å². The second-order valence-corrected chi connectivity index (χ2v) is 19.4. The van der Waals surface area contributed by atoms with Crippen LogP contribution in [0.25, 0.3) is 4.65 Å². The molecule has 0 spiro atoms. The molecule has 0 atom stereocenters. The third kappa shape index (κ3) is 6.04. The van der Waals surface area contributed by atoms with Gasteiger partial charge in [0.05, 0.1) is 11.5 Å². The molecule has 4 fully saturated rings. The van der Waals surface area contributed by atoms with Crippen LogP contribution in [-0.2, 0) is 0 Å². The molecule has 0 amide bonds. The standard InChI is InChI=1S/C11H20NSi2.C11H15N.Na/c1-13(2,3)12-14(4,5)11-9-7-6-8-10-11;12-7-11-4-8-1-9(5-11)3-10(2-8)6-11;/h6-10H,1-5H3;8-10H,1-6H2;/q-1;;+1. The van der Waals surface area contributed by atoms with Crippen LogP contribution >= 0.6 is 0 Å². The second kappa shape index (κ2) is 8.85. The quantitative estimate of drug-likeness (QED) is 0.711. The van der Waals surface area contributed by atoms with Gasteiger partial charge in [0.1, 0.15) is 0 Å². The average molecular weight is 407 g/mol. The first kappa shape index (κ1) is 23.4. The van der Waals surface area contributed by atoms with Crippen molar-refractivity contribution in [3.8, 4) is 6.07 Å². The largest absolute Gasteiger partial charge is 1.00 e. The normalized spacial score (nSPS) is 31.3. The van der Waals surface area contributed by atoms with Gasteiger partial charge in [0, 0.05) is 0 Å². The van der Waals surface area contributed by atoms with E-state index in [1.165, 1.54) is 43.7 Å². The molecule has 27 heavy (non-hydrogen) atoms. The Balaban J connectivity index is 0.000000188. The molecule has 0 saturated heterocycles. The third-order valence-electron chi connectivity index (χ3n) is 6.37.